The van der Waals surface area contributed by atoms with Gasteiger partial charge in [0, 0.05) is 0 Å². The molecule has 4 aromatic carbocycles. The molecule has 7 rings (SSSR count). The number of nitrogens with zero attached hydrogens (tertiary/aromatic N) is 4. The number of benzene rings is 4. The van der Waals surface area contributed by atoms with Crippen LogP contribution in [-0.2, 0) is 19.7 Å². The first-order valence-electron chi connectivity index (χ1n) is 13.0. The number of hydrogen-bond donors (Lipinski definition) is 0. The molecule has 0 radical (unpaired) electrons. The molecular formula is C30H24N4O4S2. The van der Waals surface area contributed by atoms with Crippen LogP contribution in [-0.4, -0.2) is 28.2 Å². The molecule has 40 heavy (non-hydrogen) atoms. The van der Waals surface area contributed by atoms with Crippen molar-refractivity contribution in [1.29, 1.82) is 0 Å². The third-order valence-electron chi connectivity index (χ3n) is 7.79. The van der Waals surface area contributed by atoms with Gasteiger partial charge in [0.1, 0.15) is 0 Å². The number of rotatable bonds is 4. The molecule has 2 spiro atoms. The van der Waals surface area contributed by atoms with E-state index >= 15 is 0 Å². The second-order valence-corrected chi connectivity index (χ2v) is 14.2. The zero-order chi connectivity index (χ0) is 27.6. The molecule has 3 aliphatic rings. The second kappa shape index (κ2) is 8.74. The topological polar surface area (TPSA) is 118 Å². The van der Waals surface area contributed by atoms with Crippen LogP contribution in [0, 0.1) is 0 Å². The lowest BCUT2D eigenvalue weighted by Crippen LogP contribution is -2.38. The molecule has 0 N–H and O–H groups in total. The molecule has 0 unspecified atom stereocenters. The fourth-order valence-electron chi connectivity index (χ4n) is 5.63. The Hall–Kier alpha value is -4.02. The molecule has 10 heteroatoms. The Morgan fingerprint density at radius 1 is 0.425 bits per heavy atom. The highest BCUT2D eigenvalue weighted by Crippen LogP contribution is 2.41. The summed E-state index contributed by atoms with van der Waals surface area (Å²) in [6.45, 7) is 0. The van der Waals surface area contributed by atoms with Gasteiger partial charge in [0.15, 0.2) is 11.3 Å². The summed E-state index contributed by atoms with van der Waals surface area (Å²) >= 11 is 0. The van der Waals surface area contributed by atoms with Crippen molar-refractivity contribution in [3.63, 3.8) is 0 Å². The summed E-state index contributed by atoms with van der Waals surface area (Å²) in [7, 11) is -7.32. The van der Waals surface area contributed by atoms with E-state index in [1.807, 2.05) is 0 Å². The van der Waals surface area contributed by atoms with Crippen LogP contribution in [0.15, 0.2) is 137 Å². The normalized spacial score (nSPS) is 23.0. The third kappa shape index (κ3) is 4.01. The van der Waals surface area contributed by atoms with Gasteiger partial charge < -0.3 is 0 Å². The summed E-state index contributed by atoms with van der Waals surface area (Å²) in [6, 6.07) is 26.5. The van der Waals surface area contributed by atoms with Gasteiger partial charge in [0.2, 0.25) is 19.7 Å². The molecule has 1 aliphatic carbocycles. The average molecular weight is 569 g/mol. The van der Waals surface area contributed by atoms with Gasteiger partial charge in [-0.15, -0.1) is 0 Å². The van der Waals surface area contributed by atoms with Gasteiger partial charge in [0.25, 0.3) is 0 Å². The van der Waals surface area contributed by atoms with Crippen LogP contribution in [0.4, 0.5) is 0 Å². The smallest absolute Gasteiger partial charge is 0.206 e. The first-order chi connectivity index (χ1) is 19.2. The zero-order valence-corrected chi connectivity index (χ0v) is 22.9. The van der Waals surface area contributed by atoms with Crippen LogP contribution >= 0.6 is 0 Å². The minimum atomic E-state index is -3.66. The summed E-state index contributed by atoms with van der Waals surface area (Å²) in [5.41, 5.74) is -1.35. The van der Waals surface area contributed by atoms with Crippen molar-refractivity contribution < 1.29 is 16.8 Å². The van der Waals surface area contributed by atoms with E-state index in [-0.39, 0.29) is 19.6 Å². The number of fused-ring (bicyclic) bond motifs is 2. The number of sulfone groups is 2. The van der Waals surface area contributed by atoms with Crippen LogP contribution in [0.25, 0.3) is 0 Å². The van der Waals surface area contributed by atoms with Crippen molar-refractivity contribution in [3.05, 3.63) is 118 Å². The minimum Gasteiger partial charge on any atom is -0.253 e. The van der Waals surface area contributed by atoms with E-state index in [0.717, 1.165) is 0 Å². The molecule has 0 amide bonds. The van der Waals surface area contributed by atoms with Crippen molar-refractivity contribution in [2.45, 2.75) is 56.6 Å². The molecule has 200 valence electrons. The predicted octanol–water partition coefficient (Wildman–Crippen LogP) is 2.52. The minimum absolute atomic E-state index is 0.193. The molecule has 0 bridgehead atoms. The molecule has 0 aromatic heterocycles. The summed E-state index contributed by atoms with van der Waals surface area (Å²) in [5.74, 6) is 0. The summed E-state index contributed by atoms with van der Waals surface area (Å²) in [6.07, 6.45) is 2.38. The van der Waals surface area contributed by atoms with Gasteiger partial charge in [-0.25, -0.2) is 16.8 Å². The molecule has 0 atom stereocenters. The fraction of sp³-hybridized carbons (Fsp3) is 0.200. The Kier molecular flexibility index (Phi) is 5.46. The van der Waals surface area contributed by atoms with Gasteiger partial charge >= 0.3 is 0 Å². The summed E-state index contributed by atoms with van der Waals surface area (Å²) < 4.78 is 52.4. The van der Waals surface area contributed by atoms with Gasteiger partial charge in [-0.3, -0.25) is 20.0 Å². The Morgan fingerprint density at radius 3 is 1.15 bits per heavy atom. The molecule has 2 heterocycles. The maximum atomic E-state index is 13.1. The first-order valence-corrected chi connectivity index (χ1v) is 15.9. The van der Waals surface area contributed by atoms with E-state index < -0.39 is 31.0 Å². The van der Waals surface area contributed by atoms with E-state index in [1.54, 1.807) is 97.1 Å². The van der Waals surface area contributed by atoms with Crippen molar-refractivity contribution in [1.82, 2.24) is 0 Å². The van der Waals surface area contributed by atoms with Gasteiger partial charge in [-0.2, -0.15) is 0 Å². The maximum absolute atomic E-state index is 13.1. The quantitative estimate of drug-likeness (QED) is 0.376. The Morgan fingerprint density at radius 2 is 0.775 bits per heavy atom. The lowest BCUT2D eigenvalue weighted by molar-refractivity contribution is 0.215. The van der Waals surface area contributed by atoms with Crippen molar-refractivity contribution in [2.24, 2.45) is 20.0 Å². The lowest BCUT2D eigenvalue weighted by Gasteiger charge is -2.36. The van der Waals surface area contributed by atoms with E-state index in [0.29, 0.717) is 47.1 Å². The Labute approximate surface area is 231 Å². The highest BCUT2D eigenvalue weighted by molar-refractivity contribution is 7.91. The molecular weight excluding hydrogens is 544 g/mol. The average Bonchev–Trinajstić information content (AvgIpc) is 3.52. The van der Waals surface area contributed by atoms with E-state index in [1.165, 1.54) is 0 Å². The van der Waals surface area contributed by atoms with E-state index in [2.05, 4.69) is 0 Å². The zero-order valence-electron chi connectivity index (χ0n) is 21.3. The van der Waals surface area contributed by atoms with Crippen LogP contribution in [0.1, 0.15) is 25.7 Å². The maximum Gasteiger partial charge on any atom is 0.206 e. The Balaban J connectivity index is 1.16. The fourth-order valence-corrected chi connectivity index (χ4v) is 8.23. The SMILES string of the molecule is O=S(=O)(c1ccccc1)c1ccc2c(c1)=NC1(CCC3(CC1)N=c1ccc(S(=O)(=O)c4ccccc4)cc1=N3)N=2. The largest absolute Gasteiger partial charge is 0.253 e. The molecule has 8 nitrogen and oxygen atoms in total. The van der Waals surface area contributed by atoms with Gasteiger partial charge in [0.05, 0.1) is 41.0 Å². The standard InChI is InChI=1S/C30H24N4O4S2/c35-39(36,21-7-3-1-4-8-21)23-11-13-25-27(19-23)33-29(31-25)15-17-30(18-16-29)32-26-14-12-24(20-28(26)34-30)40(37,38)22-9-5-2-6-10-22/h1-14,19-20H,15-18H2. The lowest BCUT2D eigenvalue weighted by atomic mass is 9.83. The van der Waals surface area contributed by atoms with Crippen LogP contribution in [0.3, 0.4) is 0 Å². The van der Waals surface area contributed by atoms with E-state index in [4.69, 9.17) is 20.0 Å². The third-order valence-corrected chi connectivity index (χ3v) is 11.3. The van der Waals surface area contributed by atoms with Gasteiger partial charge in [-0.1, -0.05) is 36.4 Å². The monoisotopic (exact) mass is 568 g/mol. The van der Waals surface area contributed by atoms with Gasteiger partial charge in [-0.05, 0) is 86.3 Å². The number of hydrogen-bond acceptors (Lipinski definition) is 8. The highest BCUT2D eigenvalue weighted by atomic mass is 32.2. The summed E-state index contributed by atoms with van der Waals surface area (Å²) in [4.78, 5) is 20.5. The Bertz CT molecular complexity index is 1990. The second-order valence-electron chi connectivity index (χ2n) is 10.3. The molecule has 1 fully saturated rings. The highest BCUT2D eigenvalue weighted by Gasteiger charge is 2.44. The van der Waals surface area contributed by atoms with Crippen molar-refractivity contribution in [3.8, 4) is 0 Å². The molecule has 2 aliphatic heterocycles. The van der Waals surface area contributed by atoms with Crippen LogP contribution in [0.5, 0.6) is 0 Å². The molecule has 1 saturated carbocycles. The van der Waals surface area contributed by atoms with Crippen molar-refractivity contribution in [2.75, 3.05) is 0 Å². The molecule has 4 aromatic rings. The van der Waals surface area contributed by atoms with Crippen molar-refractivity contribution >= 4 is 19.7 Å². The van der Waals surface area contributed by atoms with Crippen LogP contribution < -0.4 is 21.4 Å². The van der Waals surface area contributed by atoms with Crippen LogP contribution in [0.2, 0.25) is 0 Å². The predicted molar refractivity (Wildman–Crippen MR) is 145 cm³/mol. The summed E-state index contributed by atoms with van der Waals surface area (Å²) in [5, 5.41) is 2.52. The first kappa shape index (κ1) is 25.0. The van der Waals surface area contributed by atoms with E-state index in [9.17, 15) is 16.8 Å². The molecule has 0 saturated heterocycles.